The number of aromatic nitrogens is 5. The lowest BCUT2D eigenvalue weighted by Gasteiger charge is -2.40. The second kappa shape index (κ2) is 9.73. The van der Waals surface area contributed by atoms with Gasteiger partial charge in [-0.05, 0) is 11.6 Å². The van der Waals surface area contributed by atoms with Crippen LogP contribution in [0.15, 0.2) is 46.3 Å². The zero-order valence-electron chi connectivity index (χ0n) is 18.8. The molecule has 0 spiro atoms. The van der Waals surface area contributed by atoms with E-state index in [4.69, 9.17) is 37.9 Å². The number of nitriles is 1. The zero-order valence-corrected chi connectivity index (χ0v) is 20.3. The minimum absolute atomic E-state index is 0.0725. The van der Waals surface area contributed by atoms with Gasteiger partial charge in [0.2, 0.25) is 5.91 Å². The number of amides is 1. The Bertz CT molecular complexity index is 1260. The Kier molecular flexibility index (Phi) is 6.51. The molecule has 5 rings (SSSR count). The number of ether oxygens (including phenoxy) is 2. The molecule has 1 fully saturated rings. The third-order valence-electron chi connectivity index (χ3n) is 6.36. The van der Waals surface area contributed by atoms with Gasteiger partial charge in [0.25, 0.3) is 0 Å². The predicted octanol–water partition coefficient (Wildman–Crippen LogP) is 1.74. The summed E-state index contributed by atoms with van der Waals surface area (Å²) in [6.45, 7) is 1.43. The van der Waals surface area contributed by atoms with Crippen LogP contribution in [0.4, 0.5) is 0 Å². The first-order valence-corrected chi connectivity index (χ1v) is 11.7. The van der Waals surface area contributed by atoms with E-state index < -0.39 is 0 Å². The number of carbonyl (C=O) groups is 1. The third-order valence-corrected chi connectivity index (χ3v) is 7.20. The van der Waals surface area contributed by atoms with Gasteiger partial charge in [-0.3, -0.25) is 14.6 Å². The smallest absolute Gasteiger partial charge is 0.248 e. The first-order valence-electron chi connectivity index (χ1n) is 10.9. The van der Waals surface area contributed by atoms with Crippen LogP contribution in [0.25, 0.3) is 5.57 Å². The number of hydrogen-bond donors (Lipinski definition) is 1. The lowest BCUT2D eigenvalue weighted by molar-refractivity contribution is -0.137. The van der Waals surface area contributed by atoms with Crippen molar-refractivity contribution in [1.29, 1.82) is 5.26 Å². The maximum Gasteiger partial charge on any atom is 0.248 e. The Hall–Kier alpha value is -3.33. The Balaban J connectivity index is 1.41. The minimum atomic E-state index is -0.285. The van der Waals surface area contributed by atoms with E-state index in [1.165, 1.54) is 6.33 Å². The van der Waals surface area contributed by atoms with Crippen LogP contribution in [0.3, 0.4) is 0 Å². The van der Waals surface area contributed by atoms with E-state index in [0.29, 0.717) is 41.3 Å². The number of fused-ring (bicyclic) bond motifs is 3. The molecule has 2 aromatic rings. The summed E-state index contributed by atoms with van der Waals surface area (Å²) in [5.74, 6) is 0.793. The molecule has 1 amide bonds. The van der Waals surface area contributed by atoms with Crippen molar-refractivity contribution in [3.05, 3.63) is 57.7 Å². The van der Waals surface area contributed by atoms with Crippen LogP contribution >= 0.6 is 23.2 Å². The fourth-order valence-corrected chi connectivity index (χ4v) is 5.28. The van der Waals surface area contributed by atoms with Crippen molar-refractivity contribution in [3.63, 3.8) is 0 Å². The van der Waals surface area contributed by atoms with Crippen LogP contribution < -0.4 is 0 Å². The van der Waals surface area contributed by atoms with Gasteiger partial charge in [-0.2, -0.15) is 15.5 Å². The van der Waals surface area contributed by atoms with E-state index in [2.05, 4.69) is 25.2 Å². The quantitative estimate of drug-likeness (QED) is 0.589. The van der Waals surface area contributed by atoms with E-state index in [0.717, 1.165) is 16.8 Å². The Morgan fingerprint density at radius 3 is 2.94 bits per heavy atom. The summed E-state index contributed by atoms with van der Waals surface area (Å²) in [5.41, 5.74) is 2.73. The molecule has 1 N–H and O–H groups in total. The van der Waals surface area contributed by atoms with Crippen LogP contribution in [-0.2, 0) is 27.9 Å². The second-order valence-corrected chi connectivity index (χ2v) is 9.07. The molecule has 4 heterocycles. The van der Waals surface area contributed by atoms with Crippen molar-refractivity contribution in [1.82, 2.24) is 34.8 Å². The van der Waals surface area contributed by atoms with Crippen LogP contribution in [-0.4, -0.2) is 79.6 Å². The number of hydrogen-bond acceptors (Lipinski definition) is 8. The number of nitrogens with zero attached hydrogens (tertiary/aromatic N) is 7. The highest BCUT2D eigenvalue weighted by molar-refractivity contribution is 6.41. The highest BCUT2D eigenvalue weighted by Gasteiger charge is 2.49. The van der Waals surface area contributed by atoms with Crippen molar-refractivity contribution in [2.45, 2.75) is 12.6 Å². The summed E-state index contributed by atoms with van der Waals surface area (Å²) in [6.07, 6.45) is 6.63. The maximum absolute atomic E-state index is 13.0. The number of H-pyrrole nitrogens is 1. The number of halogens is 2. The molecule has 2 unspecified atom stereocenters. The van der Waals surface area contributed by atoms with Gasteiger partial charge >= 0.3 is 0 Å². The van der Waals surface area contributed by atoms with Gasteiger partial charge in [0.1, 0.15) is 31.4 Å². The molecule has 3 aliphatic rings. The largest absolute Gasteiger partial charge is 0.482 e. The van der Waals surface area contributed by atoms with E-state index >= 15 is 0 Å². The molecular weight excluding hydrogens is 495 g/mol. The normalized spacial score (nSPS) is 21.6. The van der Waals surface area contributed by atoms with Crippen molar-refractivity contribution >= 4 is 34.7 Å². The number of nitrogens with one attached hydrogen (secondary N) is 1. The summed E-state index contributed by atoms with van der Waals surface area (Å²) < 4.78 is 13.0. The molecule has 2 aliphatic heterocycles. The summed E-state index contributed by atoms with van der Waals surface area (Å²) in [4.78, 5) is 21.0. The molecule has 11 nitrogen and oxygen atoms in total. The van der Waals surface area contributed by atoms with Gasteiger partial charge in [-0.1, -0.05) is 23.2 Å². The molecule has 0 bridgehead atoms. The van der Waals surface area contributed by atoms with E-state index in [1.807, 2.05) is 6.07 Å². The van der Waals surface area contributed by atoms with Crippen LogP contribution in [0.2, 0.25) is 0 Å². The number of aryl methyl sites for hydroxylation is 1. The van der Waals surface area contributed by atoms with E-state index in [1.54, 1.807) is 35.1 Å². The Morgan fingerprint density at radius 1 is 1.37 bits per heavy atom. The topological polar surface area (TPSA) is 125 Å². The number of allylic oxidation sites excluding steroid dienone is 2. The van der Waals surface area contributed by atoms with Crippen LogP contribution in [0.1, 0.15) is 11.4 Å². The highest BCUT2D eigenvalue weighted by Crippen LogP contribution is 2.51. The molecule has 0 saturated carbocycles. The van der Waals surface area contributed by atoms with Gasteiger partial charge < -0.3 is 19.3 Å². The van der Waals surface area contributed by atoms with Crippen molar-refractivity contribution in [2.75, 3.05) is 32.8 Å². The number of aromatic amines is 1. The molecule has 0 radical (unpaired) electrons. The summed E-state index contributed by atoms with van der Waals surface area (Å²) in [7, 11) is 1.77. The minimum Gasteiger partial charge on any atom is -0.482 e. The summed E-state index contributed by atoms with van der Waals surface area (Å²) in [5, 5.41) is 20.9. The maximum atomic E-state index is 13.0. The number of piperazine rings is 1. The highest BCUT2D eigenvalue weighted by atomic mass is 35.5. The first-order chi connectivity index (χ1) is 17.0. The third kappa shape index (κ3) is 4.29. The molecule has 35 heavy (non-hydrogen) atoms. The standard InChI is InChI=1S/C22H22Cl2N8O3/c1-30-17(26-12-29-30)10-34-11-18(33)31-3-4-32-15(9-31)19(13-7-27-28-8-13)20-16(35-5-2-25)6-14(23)21(24)22(20)32/h6-8,12,20,22H,3-5,9-11H2,1H3,(H,27,28). The van der Waals surface area contributed by atoms with Gasteiger partial charge in [0.15, 0.2) is 12.4 Å². The molecule has 0 aromatic carbocycles. The second-order valence-electron chi connectivity index (χ2n) is 8.26. The van der Waals surface area contributed by atoms with Crippen molar-refractivity contribution in [2.24, 2.45) is 13.0 Å². The van der Waals surface area contributed by atoms with Gasteiger partial charge in [0.05, 0.1) is 34.8 Å². The average molecular weight is 517 g/mol. The predicted molar refractivity (Wildman–Crippen MR) is 125 cm³/mol. The van der Waals surface area contributed by atoms with Gasteiger partial charge in [0, 0.05) is 37.6 Å². The Morgan fingerprint density at radius 2 is 2.23 bits per heavy atom. The van der Waals surface area contributed by atoms with Crippen molar-refractivity contribution in [3.8, 4) is 6.07 Å². The fraction of sp³-hybridized carbons (Fsp3) is 0.409. The van der Waals surface area contributed by atoms with Gasteiger partial charge in [-0.25, -0.2) is 4.98 Å². The molecule has 1 aliphatic carbocycles. The molecule has 2 atom stereocenters. The molecule has 2 aromatic heterocycles. The molecule has 1 saturated heterocycles. The van der Waals surface area contributed by atoms with Crippen LogP contribution in [0.5, 0.6) is 0 Å². The lowest BCUT2D eigenvalue weighted by Crippen LogP contribution is -2.50. The molecule has 13 heteroatoms. The summed E-state index contributed by atoms with van der Waals surface area (Å²) >= 11 is 13.2. The number of carbonyl (C=O) groups excluding carboxylic acids is 1. The first kappa shape index (κ1) is 23.4. The zero-order chi connectivity index (χ0) is 24.5. The molecular formula is C22H22Cl2N8O3. The van der Waals surface area contributed by atoms with E-state index in [-0.39, 0.29) is 37.7 Å². The van der Waals surface area contributed by atoms with Crippen LogP contribution in [0, 0.1) is 17.2 Å². The average Bonchev–Trinajstić information content (AvgIpc) is 3.59. The Labute approximate surface area is 211 Å². The summed E-state index contributed by atoms with van der Waals surface area (Å²) in [6, 6.07) is 1.72. The van der Waals surface area contributed by atoms with E-state index in [9.17, 15) is 4.79 Å². The SMILES string of the molecule is Cn1ncnc1COCC(=O)N1CCN2C(=C(c3cn[nH]c3)C3C(OCC#N)=CC(Cl)=C(Cl)C32)C1. The van der Waals surface area contributed by atoms with Crippen molar-refractivity contribution < 1.29 is 14.3 Å². The lowest BCUT2D eigenvalue weighted by atomic mass is 9.85. The fourth-order valence-electron chi connectivity index (χ4n) is 4.76. The van der Waals surface area contributed by atoms with Gasteiger partial charge in [-0.15, -0.1) is 0 Å². The number of rotatable bonds is 7. The molecule has 182 valence electrons. The monoisotopic (exact) mass is 516 g/mol.